The van der Waals surface area contributed by atoms with E-state index >= 15 is 0 Å². The second kappa shape index (κ2) is 11.9. The van der Waals surface area contributed by atoms with Gasteiger partial charge in [0.05, 0.1) is 12.4 Å². The predicted octanol–water partition coefficient (Wildman–Crippen LogP) is 6.19. The van der Waals surface area contributed by atoms with Gasteiger partial charge in [-0.15, -0.1) is 0 Å². The lowest BCUT2D eigenvalue weighted by molar-refractivity contribution is 0.0947. The number of halogens is 2. The maximum absolute atomic E-state index is 12.3. The number of carbonyl (C=O) groups excluding carboxylic acids is 2. The Labute approximate surface area is 218 Å². The van der Waals surface area contributed by atoms with Crippen molar-refractivity contribution in [3.8, 4) is 11.1 Å². The van der Waals surface area contributed by atoms with E-state index in [2.05, 4.69) is 21.1 Å². The van der Waals surface area contributed by atoms with Crippen LogP contribution in [-0.4, -0.2) is 24.2 Å². The molecule has 0 heterocycles. The van der Waals surface area contributed by atoms with Gasteiger partial charge in [-0.3, -0.25) is 9.59 Å². The summed E-state index contributed by atoms with van der Waals surface area (Å²) in [7, 11) is 0. The summed E-state index contributed by atoms with van der Waals surface area (Å²) < 4.78 is 0. The van der Waals surface area contributed by atoms with Gasteiger partial charge in [0.25, 0.3) is 11.8 Å². The molecule has 0 radical (unpaired) electrons. The lowest BCUT2D eigenvalue weighted by atomic mass is 10.0. The van der Waals surface area contributed by atoms with Crippen LogP contribution in [0.2, 0.25) is 10.0 Å². The normalized spacial score (nSPS) is 11.1. The number of nitrogens with one attached hydrogen (secondary N) is 2. The molecule has 6 nitrogen and oxygen atoms in total. The average Bonchev–Trinajstić information content (AvgIpc) is 2.89. The van der Waals surface area contributed by atoms with Crippen molar-refractivity contribution in [2.24, 2.45) is 10.2 Å². The van der Waals surface area contributed by atoms with Crippen molar-refractivity contribution in [3.63, 3.8) is 0 Å². The molecular formula is C28H20Cl2N4O2. The van der Waals surface area contributed by atoms with E-state index in [0.717, 1.165) is 22.3 Å². The summed E-state index contributed by atoms with van der Waals surface area (Å²) in [4.78, 5) is 24.7. The third-order valence-corrected chi connectivity index (χ3v) is 5.55. The SMILES string of the molecule is O=C(N/N=C/c1cccc(Cl)c1)c1ccc(-c2ccc(C(=O)N/N=C/c3cccc(Cl)c3)cc2)cc1. The second-order valence-electron chi connectivity index (χ2n) is 7.66. The third-order valence-electron chi connectivity index (χ3n) is 5.08. The standard InChI is InChI=1S/C28H20Cl2N4O2/c29-25-5-1-3-19(15-25)17-31-33-27(35)23-11-7-21(8-12-23)22-9-13-24(14-10-22)28(36)34-32-18-20-4-2-6-26(30)16-20/h1-18H,(H,33,35)(H,34,36)/b31-17+,32-18+. The first-order chi connectivity index (χ1) is 17.5. The first kappa shape index (κ1) is 24.9. The Hall–Kier alpha value is -4.26. The van der Waals surface area contributed by atoms with Gasteiger partial charge in [0.15, 0.2) is 0 Å². The van der Waals surface area contributed by atoms with E-state index in [1.54, 1.807) is 60.7 Å². The van der Waals surface area contributed by atoms with Gasteiger partial charge in [-0.25, -0.2) is 10.9 Å². The van der Waals surface area contributed by atoms with Crippen LogP contribution in [0, 0.1) is 0 Å². The van der Waals surface area contributed by atoms with Crippen molar-refractivity contribution in [2.75, 3.05) is 0 Å². The Morgan fingerprint density at radius 1 is 0.583 bits per heavy atom. The van der Waals surface area contributed by atoms with E-state index in [9.17, 15) is 9.59 Å². The van der Waals surface area contributed by atoms with Crippen molar-refractivity contribution in [1.29, 1.82) is 0 Å². The van der Waals surface area contributed by atoms with Gasteiger partial charge in [-0.2, -0.15) is 10.2 Å². The van der Waals surface area contributed by atoms with Crippen LogP contribution in [0.3, 0.4) is 0 Å². The Bertz CT molecular complexity index is 1320. The molecule has 4 aromatic rings. The first-order valence-electron chi connectivity index (χ1n) is 10.9. The number of amides is 2. The number of benzene rings is 4. The molecule has 0 aromatic heterocycles. The van der Waals surface area contributed by atoms with Crippen LogP contribution in [0.4, 0.5) is 0 Å². The molecule has 4 aromatic carbocycles. The maximum atomic E-state index is 12.3. The van der Waals surface area contributed by atoms with Gasteiger partial charge in [-0.1, -0.05) is 71.7 Å². The number of hydrogen-bond donors (Lipinski definition) is 2. The zero-order valence-electron chi connectivity index (χ0n) is 18.9. The first-order valence-corrected chi connectivity index (χ1v) is 11.6. The Morgan fingerprint density at radius 2 is 0.972 bits per heavy atom. The van der Waals surface area contributed by atoms with Gasteiger partial charge >= 0.3 is 0 Å². The highest BCUT2D eigenvalue weighted by Gasteiger charge is 2.07. The molecule has 0 aliphatic heterocycles. The molecule has 0 spiro atoms. The fourth-order valence-corrected chi connectivity index (χ4v) is 3.66. The molecule has 0 aliphatic carbocycles. The van der Waals surface area contributed by atoms with Gasteiger partial charge in [-0.05, 0) is 70.8 Å². The number of nitrogens with zero attached hydrogens (tertiary/aromatic N) is 2. The van der Waals surface area contributed by atoms with Gasteiger partial charge in [0, 0.05) is 21.2 Å². The largest absolute Gasteiger partial charge is 0.271 e. The van der Waals surface area contributed by atoms with Crippen LogP contribution >= 0.6 is 23.2 Å². The van der Waals surface area contributed by atoms with Crippen molar-refractivity contribution in [1.82, 2.24) is 10.9 Å². The Morgan fingerprint density at radius 3 is 1.33 bits per heavy atom. The highest BCUT2D eigenvalue weighted by atomic mass is 35.5. The van der Waals surface area contributed by atoms with Crippen molar-refractivity contribution < 1.29 is 9.59 Å². The fourth-order valence-electron chi connectivity index (χ4n) is 3.26. The van der Waals surface area contributed by atoms with E-state index in [-0.39, 0.29) is 11.8 Å². The minimum atomic E-state index is -0.329. The lowest BCUT2D eigenvalue weighted by Crippen LogP contribution is -2.17. The highest BCUT2D eigenvalue weighted by Crippen LogP contribution is 2.20. The molecule has 0 saturated carbocycles. The Balaban J connectivity index is 1.33. The second-order valence-corrected chi connectivity index (χ2v) is 8.54. The highest BCUT2D eigenvalue weighted by molar-refractivity contribution is 6.31. The molecular weight excluding hydrogens is 495 g/mol. The summed E-state index contributed by atoms with van der Waals surface area (Å²) in [6.45, 7) is 0. The van der Waals surface area contributed by atoms with E-state index in [1.165, 1.54) is 12.4 Å². The molecule has 0 fully saturated rings. The topological polar surface area (TPSA) is 82.9 Å². The minimum absolute atomic E-state index is 0.329. The number of hydrazone groups is 2. The third kappa shape index (κ3) is 6.88. The molecule has 0 saturated heterocycles. The summed E-state index contributed by atoms with van der Waals surface area (Å²) in [6, 6.07) is 28.5. The summed E-state index contributed by atoms with van der Waals surface area (Å²) in [5.41, 5.74) is 9.30. The zero-order chi connectivity index (χ0) is 25.3. The van der Waals surface area contributed by atoms with E-state index in [1.807, 2.05) is 36.4 Å². The fraction of sp³-hybridized carbons (Fsp3) is 0. The average molecular weight is 515 g/mol. The molecule has 2 N–H and O–H groups in total. The predicted molar refractivity (Wildman–Crippen MR) is 145 cm³/mol. The summed E-state index contributed by atoms with van der Waals surface area (Å²) in [5.74, 6) is -0.657. The minimum Gasteiger partial charge on any atom is -0.267 e. The van der Waals surface area contributed by atoms with Crippen molar-refractivity contribution >= 4 is 47.4 Å². The summed E-state index contributed by atoms with van der Waals surface area (Å²) >= 11 is 11.9. The molecule has 0 unspecified atom stereocenters. The quantitative estimate of drug-likeness (QED) is 0.227. The molecule has 8 heteroatoms. The van der Waals surface area contributed by atoms with Crippen LogP contribution in [0.25, 0.3) is 11.1 Å². The molecule has 4 rings (SSSR count). The van der Waals surface area contributed by atoms with Crippen LogP contribution in [0.5, 0.6) is 0 Å². The molecule has 0 atom stereocenters. The molecule has 36 heavy (non-hydrogen) atoms. The molecule has 0 aliphatic rings. The molecule has 0 bridgehead atoms. The lowest BCUT2D eigenvalue weighted by Gasteiger charge is -2.05. The maximum Gasteiger partial charge on any atom is 0.271 e. The van der Waals surface area contributed by atoms with Crippen molar-refractivity contribution in [3.05, 3.63) is 129 Å². The van der Waals surface area contributed by atoms with Gasteiger partial charge in [0.1, 0.15) is 0 Å². The zero-order valence-corrected chi connectivity index (χ0v) is 20.4. The summed E-state index contributed by atoms with van der Waals surface area (Å²) in [5, 5.41) is 9.13. The van der Waals surface area contributed by atoms with E-state index in [4.69, 9.17) is 23.2 Å². The number of hydrogen-bond acceptors (Lipinski definition) is 4. The Kier molecular flexibility index (Phi) is 8.24. The monoisotopic (exact) mass is 514 g/mol. The van der Waals surface area contributed by atoms with E-state index in [0.29, 0.717) is 21.2 Å². The van der Waals surface area contributed by atoms with Crippen LogP contribution in [0.1, 0.15) is 31.8 Å². The van der Waals surface area contributed by atoms with Gasteiger partial charge < -0.3 is 0 Å². The van der Waals surface area contributed by atoms with E-state index < -0.39 is 0 Å². The molecule has 178 valence electrons. The van der Waals surface area contributed by atoms with Gasteiger partial charge in [0.2, 0.25) is 0 Å². The smallest absolute Gasteiger partial charge is 0.267 e. The summed E-state index contributed by atoms with van der Waals surface area (Å²) in [6.07, 6.45) is 3.05. The number of carbonyl (C=O) groups is 2. The number of rotatable bonds is 7. The van der Waals surface area contributed by atoms with Crippen LogP contribution in [0.15, 0.2) is 107 Å². The van der Waals surface area contributed by atoms with Crippen molar-refractivity contribution in [2.45, 2.75) is 0 Å². The van der Waals surface area contributed by atoms with Crippen LogP contribution < -0.4 is 10.9 Å². The molecule has 2 amide bonds. The van der Waals surface area contributed by atoms with Crippen LogP contribution in [-0.2, 0) is 0 Å².